The molecule has 1 atom stereocenters. The number of para-hydroxylation sites is 1. The molecule has 1 fully saturated rings. The Kier molecular flexibility index (Phi) is 5.89. The summed E-state index contributed by atoms with van der Waals surface area (Å²) < 4.78 is 16.7. The van der Waals surface area contributed by atoms with Gasteiger partial charge in [-0.2, -0.15) is 0 Å². The second kappa shape index (κ2) is 8.33. The minimum Gasteiger partial charge on any atom is -0.497 e. The lowest BCUT2D eigenvalue weighted by Gasteiger charge is -2.27. The Hall–Kier alpha value is -2.69. The normalized spacial score (nSPS) is 16.3. The number of hydrogen-bond donors (Lipinski definition) is 0. The van der Waals surface area contributed by atoms with Crippen molar-refractivity contribution < 1.29 is 19.0 Å². The lowest BCUT2D eigenvalue weighted by atomic mass is 10.0. The lowest BCUT2D eigenvalue weighted by Crippen LogP contribution is -2.34. The first-order chi connectivity index (χ1) is 13.0. The molecule has 0 aliphatic carbocycles. The summed E-state index contributed by atoms with van der Waals surface area (Å²) in [5, 5.41) is 0. The van der Waals surface area contributed by atoms with Crippen LogP contribution in [0, 0.1) is 13.8 Å². The average molecular weight is 369 g/mol. The van der Waals surface area contributed by atoms with Crippen LogP contribution in [0.5, 0.6) is 17.2 Å². The Bertz CT molecular complexity index is 798. The van der Waals surface area contributed by atoms with Gasteiger partial charge in [0.15, 0.2) is 6.61 Å². The van der Waals surface area contributed by atoms with Crippen molar-refractivity contribution in [2.45, 2.75) is 32.7 Å². The first kappa shape index (κ1) is 19.1. The molecule has 1 unspecified atom stereocenters. The molecule has 2 aromatic rings. The number of aryl methyl sites for hydroxylation is 2. The molecule has 144 valence electrons. The monoisotopic (exact) mass is 369 g/mol. The van der Waals surface area contributed by atoms with Gasteiger partial charge in [0.05, 0.1) is 20.3 Å². The molecular weight excluding hydrogens is 342 g/mol. The maximum Gasteiger partial charge on any atom is 0.261 e. The molecule has 2 aromatic carbocycles. The van der Waals surface area contributed by atoms with E-state index in [1.165, 1.54) is 0 Å². The van der Waals surface area contributed by atoms with Gasteiger partial charge in [-0.15, -0.1) is 0 Å². The van der Waals surface area contributed by atoms with Crippen LogP contribution in [0.4, 0.5) is 0 Å². The van der Waals surface area contributed by atoms with E-state index in [-0.39, 0.29) is 18.6 Å². The maximum absolute atomic E-state index is 12.9. The molecule has 0 N–H and O–H groups in total. The largest absolute Gasteiger partial charge is 0.497 e. The summed E-state index contributed by atoms with van der Waals surface area (Å²) in [4.78, 5) is 14.8. The van der Waals surface area contributed by atoms with Crippen molar-refractivity contribution in [1.29, 1.82) is 0 Å². The predicted molar refractivity (Wildman–Crippen MR) is 105 cm³/mol. The fourth-order valence-electron chi connectivity index (χ4n) is 3.73. The van der Waals surface area contributed by atoms with Crippen LogP contribution in [0.15, 0.2) is 36.4 Å². The van der Waals surface area contributed by atoms with E-state index >= 15 is 0 Å². The van der Waals surface area contributed by atoms with Gasteiger partial charge in [0, 0.05) is 18.2 Å². The molecule has 5 nitrogen and oxygen atoms in total. The summed E-state index contributed by atoms with van der Waals surface area (Å²) in [5.41, 5.74) is 3.09. The van der Waals surface area contributed by atoms with Gasteiger partial charge in [-0.25, -0.2) is 0 Å². The second-order valence-electron chi connectivity index (χ2n) is 6.86. The zero-order chi connectivity index (χ0) is 19.4. The van der Waals surface area contributed by atoms with Crippen molar-refractivity contribution >= 4 is 5.91 Å². The summed E-state index contributed by atoms with van der Waals surface area (Å²) in [6, 6.07) is 11.7. The SMILES string of the molecule is COc1ccc(C2CCCN2C(=O)COc2c(C)cccc2C)c(OC)c1. The highest BCUT2D eigenvalue weighted by atomic mass is 16.5. The number of likely N-dealkylation sites (tertiary alicyclic amines) is 1. The van der Waals surface area contributed by atoms with E-state index in [0.29, 0.717) is 0 Å². The number of ether oxygens (including phenoxy) is 3. The van der Waals surface area contributed by atoms with Gasteiger partial charge >= 0.3 is 0 Å². The number of carbonyl (C=O) groups excluding carboxylic acids is 1. The number of nitrogens with zero attached hydrogens (tertiary/aromatic N) is 1. The summed E-state index contributed by atoms with van der Waals surface area (Å²) in [5.74, 6) is 2.28. The highest BCUT2D eigenvalue weighted by molar-refractivity contribution is 5.79. The number of carbonyl (C=O) groups is 1. The average Bonchev–Trinajstić information content (AvgIpc) is 3.16. The molecule has 0 aromatic heterocycles. The van der Waals surface area contributed by atoms with E-state index in [0.717, 1.165) is 53.3 Å². The van der Waals surface area contributed by atoms with Gasteiger partial charge in [0.2, 0.25) is 0 Å². The van der Waals surface area contributed by atoms with Gasteiger partial charge < -0.3 is 19.1 Å². The van der Waals surface area contributed by atoms with Crippen LogP contribution < -0.4 is 14.2 Å². The van der Waals surface area contributed by atoms with Crippen LogP contribution in [0.2, 0.25) is 0 Å². The fourth-order valence-corrected chi connectivity index (χ4v) is 3.73. The van der Waals surface area contributed by atoms with Gasteiger partial charge in [-0.1, -0.05) is 18.2 Å². The molecule has 0 saturated carbocycles. The predicted octanol–water partition coefficient (Wildman–Crippen LogP) is 4.06. The van der Waals surface area contributed by atoms with Gasteiger partial charge in [-0.05, 0) is 49.9 Å². The highest BCUT2D eigenvalue weighted by Crippen LogP contribution is 2.38. The minimum absolute atomic E-state index is 0.0000710. The summed E-state index contributed by atoms with van der Waals surface area (Å²) in [6.07, 6.45) is 1.88. The van der Waals surface area contributed by atoms with Crippen LogP contribution in [0.25, 0.3) is 0 Å². The van der Waals surface area contributed by atoms with Crippen molar-refractivity contribution in [3.8, 4) is 17.2 Å². The van der Waals surface area contributed by atoms with E-state index in [1.807, 2.05) is 55.1 Å². The Morgan fingerprint density at radius 2 is 1.85 bits per heavy atom. The first-order valence-electron chi connectivity index (χ1n) is 9.25. The molecule has 1 heterocycles. The van der Waals surface area contributed by atoms with E-state index in [4.69, 9.17) is 14.2 Å². The molecule has 0 spiro atoms. The van der Waals surface area contributed by atoms with Crippen molar-refractivity contribution in [1.82, 2.24) is 4.90 Å². The smallest absolute Gasteiger partial charge is 0.261 e. The third-order valence-corrected chi connectivity index (χ3v) is 5.12. The second-order valence-corrected chi connectivity index (χ2v) is 6.86. The molecule has 0 radical (unpaired) electrons. The molecule has 0 bridgehead atoms. The Morgan fingerprint density at radius 3 is 2.52 bits per heavy atom. The number of rotatable bonds is 6. The molecule has 27 heavy (non-hydrogen) atoms. The third-order valence-electron chi connectivity index (χ3n) is 5.12. The Labute approximate surface area is 160 Å². The number of benzene rings is 2. The molecular formula is C22H27NO4. The number of hydrogen-bond acceptors (Lipinski definition) is 4. The molecule has 5 heteroatoms. The first-order valence-corrected chi connectivity index (χ1v) is 9.25. The summed E-state index contributed by atoms with van der Waals surface area (Å²) in [7, 11) is 3.27. The fraction of sp³-hybridized carbons (Fsp3) is 0.409. The van der Waals surface area contributed by atoms with Crippen LogP contribution in [0.1, 0.15) is 35.6 Å². The van der Waals surface area contributed by atoms with E-state index in [2.05, 4.69) is 0 Å². The summed E-state index contributed by atoms with van der Waals surface area (Å²) in [6.45, 7) is 4.76. The van der Waals surface area contributed by atoms with Gasteiger partial charge in [0.1, 0.15) is 17.2 Å². The van der Waals surface area contributed by atoms with Crippen LogP contribution >= 0.6 is 0 Å². The Balaban J connectivity index is 1.75. The molecule has 1 aliphatic rings. The van der Waals surface area contributed by atoms with Crippen LogP contribution in [-0.2, 0) is 4.79 Å². The molecule has 1 saturated heterocycles. The zero-order valence-corrected chi connectivity index (χ0v) is 16.5. The zero-order valence-electron chi connectivity index (χ0n) is 16.5. The van der Waals surface area contributed by atoms with Crippen molar-refractivity contribution in [2.24, 2.45) is 0 Å². The van der Waals surface area contributed by atoms with Crippen molar-refractivity contribution in [3.05, 3.63) is 53.1 Å². The molecule has 1 amide bonds. The Morgan fingerprint density at radius 1 is 1.11 bits per heavy atom. The van der Waals surface area contributed by atoms with Crippen LogP contribution in [-0.4, -0.2) is 38.2 Å². The van der Waals surface area contributed by atoms with Crippen molar-refractivity contribution in [2.75, 3.05) is 27.4 Å². The maximum atomic E-state index is 12.9. The van der Waals surface area contributed by atoms with E-state index < -0.39 is 0 Å². The standard InChI is InChI=1S/C22H27NO4/c1-15-7-5-8-16(2)22(15)27-14-21(24)23-12-6-9-19(23)18-11-10-17(25-3)13-20(18)26-4/h5,7-8,10-11,13,19H,6,9,12,14H2,1-4H3. The van der Waals surface area contributed by atoms with E-state index in [9.17, 15) is 4.79 Å². The quantitative estimate of drug-likeness (QED) is 0.770. The summed E-state index contributed by atoms with van der Waals surface area (Å²) >= 11 is 0. The van der Waals surface area contributed by atoms with Crippen molar-refractivity contribution in [3.63, 3.8) is 0 Å². The number of methoxy groups -OCH3 is 2. The minimum atomic E-state index is -0.00183. The van der Waals surface area contributed by atoms with E-state index in [1.54, 1.807) is 14.2 Å². The van der Waals surface area contributed by atoms with Crippen LogP contribution in [0.3, 0.4) is 0 Å². The molecule has 3 rings (SSSR count). The molecule has 1 aliphatic heterocycles. The topological polar surface area (TPSA) is 48.0 Å². The lowest BCUT2D eigenvalue weighted by molar-refractivity contribution is -0.134. The third kappa shape index (κ3) is 4.02. The number of amides is 1. The highest BCUT2D eigenvalue weighted by Gasteiger charge is 2.32. The van der Waals surface area contributed by atoms with Gasteiger partial charge in [0.25, 0.3) is 5.91 Å². The van der Waals surface area contributed by atoms with Gasteiger partial charge in [-0.3, -0.25) is 4.79 Å².